The summed E-state index contributed by atoms with van der Waals surface area (Å²) in [5.41, 5.74) is 0.257. The van der Waals surface area contributed by atoms with Crippen molar-refractivity contribution in [2.75, 3.05) is 12.0 Å². The van der Waals surface area contributed by atoms with Gasteiger partial charge in [0, 0.05) is 12.0 Å². The van der Waals surface area contributed by atoms with Crippen LogP contribution in [-0.4, -0.2) is 41.8 Å². The molecule has 0 spiro atoms. The molecule has 0 aromatic rings. The maximum atomic E-state index is 11.4. The van der Waals surface area contributed by atoms with Gasteiger partial charge in [-0.15, -0.1) is 0 Å². The van der Waals surface area contributed by atoms with Gasteiger partial charge in [-0.3, -0.25) is 0 Å². The van der Waals surface area contributed by atoms with Crippen LogP contribution >= 0.6 is 10.8 Å². The lowest BCUT2D eigenvalue weighted by atomic mass is 9.89. The number of nitrogens with zero attached hydrogens (tertiary/aromatic N) is 1. The van der Waals surface area contributed by atoms with Gasteiger partial charge >= 0.3 is 0 Å². The van der Waals surface area contributed by atoms with Crippen molar-refractivity contribution < 1.29 is 13.6 Å². The van der Waals surface area contributed by atoms with Crippen LogP contribution in [-0.2, 0) is 8.87 Å². The van der Waals surface area contributed by atoms with Crippen LogP contribution in [0.15, 0.2) is 11.6 Å². The maximum Gasteiger partial charge on any atom is 0.199 e. The fourth-order valence-electron chi connectivity index (χ4n) is 3.19. The lowest BCUT2D eigenvalue weighted by Crippen LogP contribution is -2.53. The van der Waals surface area contributed by atoms with Crippen molar-refractivity contribution in [3.63, 3.8) is 0 Å². The maximum absolute atomic E-state index is 11.4. The predicted octanol–water partition coefficient (Wildman–Crippen LogP) is 3.43. The summed E-state index contributed by atoms with van der Waals surface area (Å²) in [4.78, 5) is 0. The smallest absolute Gasteiger partial charge is 0.199 e. The number of hydrogen-bond donors (Lipinski definition) is 1. The second-order valence-electron chi connectivity index (χ2n) is 5.50. The van der Waals surface area contributed by atoms with Gasteiger partial charge in [-0.25, -0.2) is 8.42 Å². The van der Waals surface area contributed by atoms with E-state index in [1.165, 1.54) is 11.3 Å². The average molecular weight is 323 g/mol. The van der Waals surface area contributed by atoms with Crippen molar-refractivity contribution in [1.82, 2.24) is 5.06 Å². The molecule has 1 aliphatic rings. The zero-order valence-electron chi connectivity index (χ0n) is 13.1. The lowest BCUT2D eigenvalue weighted by molar-refractivity contribution is -0.208. The standard InChI is InChI=1S/C14H27NO3S2/c1-6-13(7-2)10-12(11-19-20(5,17)18)14(8-3,9-4)15(13)16/h10,16H,6-9,11H2,1-5H3/i15+1. The molecule has 0 unspecified atom stereocenters. The van der Waals surface area contributed by atoms with Crippen LogP contribution in [0.25, 0.3) is 0 Å². The SMILES string of the molecule is CCC1(CC)C=C(CSS(C)(=O)=O)C(CC)(CC)[15N]1O. The molecule has 0 aromatic heterocycles. The van der Waals surface area contributed by atoms with Crippen molar-refractivity contribution in [2.24, 2.45) is 0 Å². The highest BCUT2D eigenvalue weighted by molar-refractivity contribution is 8.71. The fourth-order valence-corrected chi connectivity index (χ4v) is 4.90. The molecule has 0 saturated carbocycles. The van der Waals surface area contributed by atoms with Crippen LogP contribution in [0.1, 0.15) is 53.4 Å². The number of rotatable bonds is 7. The van der Waals surface area contributed by atoms with Crippen molar-refractivity contribution in [3.8, 4) is 0 Å². The molecule has 1 rings (SSSR count). The van der Waals surface area contributed by atoms with Crippen LogP contribution < -0.4 is 0 Å². The minimum atomic E-state index is -3.07. The minimum Gasteiger partial charge on any atom is -0.312 e. The van der Waals surface area contributed by atoms with Crippen LogP contribution in [0.4, 0.5) is 0 Å². The molecule has 0 atom stereocenters. The fraction of sp³-hybridized carbons (Fsp3) is 0.857. The Kier molecular flexibility index (Phi) is 5.75. The highest BCUT2D eigenvalue weighted by Gasteiger charge is 2.51. The first-order chi connectivity index (χ1) is 9.21. The number of hydroxylamine groups is 2. The number of hydrogen-bond acceptors (Lipinski definition) is 5. The molecule has 0 fully saturated rings. The molecule has 0 bridgehead atoms. The quantitative estimate of drug-likeness (QED) is 0.442. The molecule has 0 aliphatic carbocycles. The molecule has 1 heterocycles. The molecule has 0 saturated heterocycles. The summed E-state index contributed by atoms with van der Waals surface area (Å²) in [5, 5.41) is 12.3. The Hall–Kier alpha value is -0.0400. The van der Waals surface area contributed by atoms with Gasteiger partial charge in [-0.05, 0) is 42.1 Å². The average Bonchev–Trinajstić information content (AvgIpc) is 2.65. The molecule has 6 heteroatoms. The summed E-state index contributed by atoms with van der Waals surface area (Å²) in [6, 6.07) is 0. The van der Waals surface area contributed by atoms with Gasteiger partial charge in [-0.2, -0.15) is 5.06 Å². The molecule has 0 amide bonds. The van der Waals surface area contributed by atoms with Crippen molar-refractivity contribution in [1.29, 1.82) is 0 Å². The van der Waals surface area contributed by atoms with Crippen LogP contribution in [0.3, 0.4) is 0 Å². The molecular weight excluding hydrogens is 295 g/mol. The Morgan fingerprint density at radius 3 is 2.00 bits per heavy atom. The summed E-state index contributed by atoms with van der Waals surface area (Å²) >= 11 is 0. The normalized spacial score (nSPS) is 22.0. The molecule has 4 nitrogen and oxygen atoms in total. The third-order valence-corrected chi connectivity index (χ3v) is 7.19. The minimum absolute atomic E-state index is 0.362. The Balaban J connectivity index is 3.20. The Morgan fingerprint density at radius 1 is 1.15 bits per heavy atom. The van der Waals surface area contributed by atoms with E-state index >= 15 is 0 Å². The highest BCUT2D eigenvalue weighted by Crippen LogP contribution is 2.47. The van der Waals surface area contributed by atoms with Gasteiger partial charge in [0.25, 0.3) is 0 Å². The highest BCUT2D eigenvalue weighted by atomic mass is 33.1. The second-order valence-corrected chi connectivity index (χ2v) is 9.95. The second kappa shape index (κ2) is 6.38. The van der Waals surface area contributed by atoms with Gasteiger partial charge in [0.05, 0.1) is 11.1 Å². The third-order valence-electron chi connectivity index (χ3n) is 4.69. The summed E-state index contributed by atoms with van der Waals surface area (Å²) in [6.07, 6.45) is 6.52. The topological polar surface area (TPSA) is 57.6 Å². The first kappa shape index (κ1) is 18.0. The van der Waals surface area contributed by atoms with E-state index in [4.69, 9.17) is 0 Å². The monoisotopic (exact) mass is 322 g/mol. The van der Waals surface area contributed by atoms with Crippen LogP contribution in [0.5, 0.6) is 0 Å². The van der Waals surface area contributed by atoms with E-state index < -0.39 is 14.4 Å². The van der Waals surface area contributed by atoms with Gasteiger partial charge in [0.2, 0.25) is 0 Å². The van der Waals surface area contributed by atoms with E-state index in [2.05, 4.69) is 19.9 Å². The summed E-state index contributed by atoms with van der Waals surface area (Å²) < 4.78 is 22.8. The molecule has 118 valence electrons. The first-order valence-corrected chi connectivity index (χ1v) is 10.7. The van der Waals surface area contributed by atoms with Gasteiger partial charge < -0.3 is 5.21 Å². The summed E-state index contributed by atoms with van der Waals surface area (Å²) in [5.74, 6) is 0.430. The van der Waals surface area contributed by atoms with E-state index in [1.807, 2.05) is 13.8 Å². The van der Waals surface area contributed by atoms with E-state index in [9.17, 15) is 13.6 Å². The van der Waals surface area contributed by atoms with E-state index in [1.54, 1.807) is 0 Å². The summed E-state index contributed by atoms with van der Waals surface area (Å²) in [6.45, 7) is 8.22. The van der Waals surface area contributed by atoms with Crippen molar-refractivity contribution >= 4 is 19.7 Å². The zero-order valence-corrected chi connectivity index (χ0v) is 14.8. The lowest BCUT2D eigenvalue weighted by Gasteiger charge is -2.43. The van der Waals surface area contributed by atoms with Gasteiger partial charge in [0.1, 0.15) is 0 Å². The van der Waals surface area contributed by atoms with E-state index in [0.717, 1.165) is 42.1 Å². The summed E-state index contributed by atoms with van der Waals surface area (Å²) in [7, 11) is -2.12. The first-order valence-electron chi connectivity index (χ1n) is 7.27. The predicted molar refractivity (Wildman–Crippen MR) is 85.6 cm³/mol. The Labute approximate surface area is 126 Å². The van der Waals surface area contributed by atoms with Crippen molar-refractivity contribution in [3.05, 3.63) is 11.6 Å². The molecule has 1 aliphatic heterocycles. The Morgan fingerprint density at radius 2 is 1.65 bits per heavy atom. The van der Waals surface area contributed by atoms with Crippen LogP contribution in [0.2, 0.25) is 0 Å². The van der Waals surface area contributed by atoms with E-state index in [0.29, 0.717) is 5.75 Å². The third kappa shape index (κ3) is 3.08. The zero-order chi connectivity index (χ0) is 15.6. The molecule has 1 N–H and O–H groups in total. The molecule has 20 heavy (non-hydrogen) atoms. The van der Waals surface area contributed by atoms with Crippen LogP contribution in [0, 0.1) is 0 Å². The molecule has 0 radical (unpaired) electrons. The van der Waals surface area contributed by atoms with E-state index in [-0.39, 0.29) is 5.54 Å². The molecule has 0 aromatic carbocycles. The van der Waals surface area contributed by atoms with Gasteiger partial charge in [-0.1, -0.05) is 33.8 Å². The van der Waals surface area contributed by atoms with Crippen molar-refractivity contribution in [2.45, 2.75) is 64.5 Å². The largest absolute Gasteiger partial charge is 0.312 e. The van der Waals surface area contributed by atoms with Gasteiger partial charge in [0.15, 0.2) is 8.87 Å². The Bertz CT molecular complexity index is 463. The molecular formula is C14H27NO3S2.